The summed E-state index contributed by atoms with van der Waals surface area (Å²) in [5.41, 5.74) is 3.07. The third-order valence-corrected chi connectivity index (χ3v) is 5.10. The maximum atomic E-state index is 13.7. The third kappa shape index (κ3) is 4.05. The monoisotopic (exact) mass is 416 g/mol. The number of nitrogens with one attached hydrogen (secondary N) is 1. The number of methoxy groups -OCH3 is 1. The molecule has 0 radical (unpaired) electrons. The molecular weight excluding hydrogens is 395 g/mol. The fraction of sp³-hybridized carbons (Fsp3) is 0.120. The van der Waals surface area contributed by atoms with Gasteiger partial charge in [0, 0.05) is 11.3 Å². The van der Waals surface area contributed by atoms with Gasteiger partial charge in [-0.25, -0.2) is 4.39 Å². The van der Waals surface area contributed by atoms with Crippen LogP contribution in [0.5, 0.6) is 5.75 Å². The van der Waals surface area contributed by atoms with E-state index in [1.165, 1.54) is 30.2 Å². The second kappa shape index (κ2) is 8.44. The summed E-state index contributed by atoms with van der Waals surface area (Å²) in [4.78, 5) is 27.9. The molecule has 3 aromatic carbocycles. The van der Waals surface area contributed by atoms with Crippen LogP contribution >= 0.6 is 0 Å². The summed E-state index contributed by atoms with van der Waals surface area (Å²) in [6.45, 7) is 2.10. The molecule has 1 aliphatic heterocycles. The van der Waals surface area contributed by atoms with Crippen molar-refractivity contribution < 1.29 is 18.7 Å². The van der Waals surface area contributed by atoms with E-state index in [4.69, 9.17) is 4.74 Å². The largest absolute Gasteiger partial charge is 0.496 e. The number of nitrogens with zero attached hydrogens (tertiary/aromatic N) is 1. The highest BCUT2D eigenvalue weighted by Gasteiger charge is 2.40. The molecule has 6 heteroatoms. The van der Waals surface area contributed by atoms with Crippen LogP contribution in [0.15, 0.2) is 78.5 Å². The van der Waals surface area contributed by atoms with E-state index in [-0.39, 0.29) is 17.8 Å². The molecule has 0 bridgehead atoms. The molecular formula is C25H21FN2O3. The number of para-hydroxylation sites is 1. The standard InChI is InChI=1S/C25H21FN2O3/c1-16-10-12-17(13-11-16)15-28-24(29)22(20-8-3-4-9-21(20)31-2)23(25(28)30)27-19-7-5-6-18(26)14-19/h3-14,27H,15H2,1-2H3. The van der Waals surface area contributed by atoms with E-state index in [1.807, 2.05) is 31.2 Å². The highest BCUT2D eigenvalue weighted by molar-refractivity contribution is 6.36. The van der Waals surface area contributed by atoms with Crippen molar-refractivity contribution in [2.45, 2.75) is 13.5 Å². The van der Waals surface area contributed by atoms with Gasteiger partial charge in [0.25, 0.3) is 11.8 Å². The fourth-order valence-electron chi connectivity index (χ4n) is 3.52. The van der Waals surface area contributed by atoms with Crippen LogP contribution in [0.3, 0.4) is 0 Å². The molecule has 0 saturated carbocycles. The van der Waals surface area contributed by atoms with Crippen molar-refractivity contribution in [1.82, 2.24) is 4.90 Å². The van der Waals surface area contributed by atoms with Crippen molar-refractivity contribution in [2.24, 2.45) is 0 Å². The van der Waals surface area contributed by atoms with Crippen molar-refractivity contribution >= 4 is 23.1 Å². The number of carbonyl (C=O) groups excluding carboxylic acids is 2. The molecule has 4 rings (SSSR count). The molecule has 0 fully saturated rings. The zero-order valence-corrected chi connectivity index (χ0v) is 17.2. The zero-order chi connectivity index (χ0) is 22.0. The summed E-state index contributed by atoms with van der Waals surface area (Å²) in [5, 5.41) is 2.96. The smallest absolute Gasteiger partial charge is 0.278 e. The van der Waals surface area contributed by atoms with E-state index < -0.39 is 17.6 Å². The van der Waals surface area contributed by atoms with Gasteiger partial charge in [-0.1, -0.05) is 54.1 Å². The Morgan fingerprint density at radius 2 is 1.68 bits per heavy atom. The average molecular weight is 416 g/mol. The number of aryl methyl sites for hydroxylation is 1. The molecule has 3 aromatic rings. The molecule has 1 heterocycles. The molecule has 0 spiro atoms. The predicted molar refractivity (Wildman–Crippen MR) is 117 cm³/mol. The maximum absolute atomic E-state index is 13.7. The van der Waals surface area contributed by atoms with Crippen LogP contribution in [0.25, 0.3) is 5.57 Å². The highest BCUT2D eigenvalue weighted by Crippen LogP contribution is 2.35. The lowest BCUT2D eigenvalue weighted by Gasteiger charge is -2.16. The predicted octanol–water partition coefficient (Wildman–Crippen LogP) is 4.53. The van der Waals surface area contributed by atoms with Gasteiger partial charge in [0.1, 0.15) is 17.3 Å². The van der Waals surface area contributed by atoms with Crippen LogP contribution in [0, 0.1) is 12.7 Å². The molecule has 5 nitrogen and oxygen atoms in total. The molecule has 0 atom stereocenters. The van der Waals surface area contributed by atoms with Crippen LogP contribution in [0.4, 0.5) is 10.1 Å². The highest BCUT2D eigenvalue weighted by atomic mass is 19.1. The van der Waals surface area contributed by atoms with E-state index in [1.54, 1.807) is 30.3 Å². The molecule has 1 N–H and O–H groups in total. The molecule has 0 aromatic heterocycles. The third-order valence-electron chi connectivity index (χ3n) is 5.10. The van der Waals surface area contributed by atoms with Crippen molar-refractivity contribution in [3.05, 3.63) is 101 Å². The number of halogens is 1. The number of amides is 2. The Morgan fingerprint density at radius 3 is 2.39 bits per heavy atom. The lowest BCUT2D eigenvalue weighted by Crippen LogP contribution is -2.32. The molecule has 2 amide bonds. The first-order chi connectivity index (χ1) is 15.0. The number of hydrogen-bond acceptors (Lipinski definition) is 4. The lowest BCUT2D eigenvalue weighted by atomic mass is 10.0. The summed E-state index contributed by atoms with van der Waals surface area (Å²) in [6, 6.07) is 20.4. The van der Waals surface area contributed by atoms with Gasteiger partial charge in [0.2, 0.25) is 0 Å². The van der Waals surface area contributed by atoms with E-state index >= 15 is 0 Å². The minimum absolute atomic E-state index is 0.0900. The van der Waals surface area contributed by atoms with Gasteiger partial charge in [-0.15, -0.1) is 0 Å². The number of benzene rings is 3. The number of anilines is 1. The van der Waals surface area contributed by atoms with Crippen LogP contribution in [-0.4, -0.2) is 23.8 Å². The average Bonchev–Trinajstić information content (AvgIpc) is 2.99. The van der Waals surface area contributed by atoms with Gasteiger partial charge in [-0.3, -0.25) is 14.5 Å². The Hall–Kier alpha value is -3.93. The minimum Gasteiger partial charge on any atom is -0.496 e. The number of hydrogen-bond donors (Lipinski definition) is 1. The van der Waals surface area contributed by atoms with Gasteiger partial charge in [0.05, 0.1) is 19.2 Å². The second-order valence-electron chi connectivity index (χ2n) is 7.27. The molecule has 1 aliphatic rings. The number of ether oxygens (including phenoxy) is 1. The minimum atomic E-state index is -0.476. The summed E-state index contributed by atoms with van der Waals surface area (Å²) >= 11 is 0. The van der Waals surface area contributed by atoms with Gasteiger partial charge in [-0.2, -0.15) is 0 Å². The number of imide groups is 1. The summed E-state index contributed by atoms with van der Waals surface area (Å²) in [6.07, 6.45) is 0. The van der Waals surface area contributed by atoms with E-state index in [2.05, 4.69) is 5.32 Å². The van der Waals surface area contributed by atoms with Crippen LogP contribution in [0.2, 0.25) is 0 Å². The summed E-state index contributed by atoms with van der Waals surface area (Å²) < 4.78 is 19.1. The molecule has 156 valence electrons. The Labute approximate surface area is 179 Å². The molecule has 0 unspecified atom stereocenters. The van der Waals surface area contributed by atoms with E-state index in [0.717, 1.165) is 11.1 Å². The fourth-order valence-corrected chi connectivity index (χ4v) is 3.52. The Balaban J connectivity index is 1.78. The van der Waals surface area contributed by atoms with E-state index in [9.17, 15) is 14.0 Å². The number of carbonyl (C=O) groups is 2. The van der Waals surface area contributed by atoms with Crippen LogP contribution < -0.4 is 10.1 Å². The van der Waals surface area contributed by atoms with Gasteiger partial charge < -0.3 is 10.1 Å². The van der Waals surface area contributed by atoms with Crippen molar-refractivity contribution in [3.8, 4) is 5.75 Å². The van der Waals surface area contributed by atoms with Crippen molar-refractivity contribution in [3.63, 3.8) is 0 Å². The number of rotatable bonds is 6. The van der Waals surface area contributed by atoms with Crippen LogP contribution in [0.1, 0.15) is 16.7 Å². The quantitative estimate of drug-likeness (QED) is 0.600. The van der Waals surface area contributed by atoms with Crippen LogP contribution in [-0.2, 0) is 16.1 Å². The van der Waals surface area contributed by atoms with Crippen molar-refractivity contribution in [2.75, 3.05) is 12.4 Å². The second-order valence-corrected chi connectivity index (χ2v) is 7.27. The normalized spacial score (nSPS) is 13.7. The van der Waals surface area contributed by atoms with Gasteiger partial charge in [0.15, 0.2) is 0 Å². The Bertz CT molecular complexity index is 1190. The first kappa shape index (κ1) is 20.3. The molecule has 0 aliphatic carbocycles. The van der Waals surface area contributed by atoms with E-state index in [0.29, 0.717) is 17.0 Å². The summed E-state index contributed by atoms with van der Waals surface area (Å²) in [5.74, 6) is -0.892. The van der Waals surface area contributed by atoms with Gasteiger partial charge >= 0.3 is 0 Å². The zero-order valence-electron chi connectivity index (χ0n) is 17.2. The first-order valence-electron chi connectivity index (χ1n) is 9.80. The Kier molecular flexibility index (Phi) is 5.54. The molecule has 0 saturated heterocycles. The van der Waals surface area contributed by atoms with Crippen molar-refractivity contribution in [1.29, 1.82) is 0 Å². The van der Waals surface area contributed by atoms with Gasteiger partial charge in [-0.05, 0) is 36.8 Å². The summed E-state index contributed by atoms with van der Waals surface area (Å²) in [7, 11) is 1.50. The topological polar surface area (TPSA) is 58.6 Å². The lowest BCUT2D eigenvalue weighted by molar-refractivity contribution is -0.137. The maximum Gasteiger partial charge on any atom is 0.278 e. The first-order valence-corrected chi connectivity index (χ1v) is 9.80. The molecule has 31 heavy (non-hydrogen) atoms. The SMILES string of the molecule is COc1ccccc1C1=C(Nc2cccc(F)c2)C(=O)N(Cc2ccc(C)cc2)C1=O. The Morgan fingerprint density at radius 1 is 0.935 bits per heavy atom.